The lowest BCUT2D eigenvalue weighted by Gasteiger charge is -2.30. The number of methoxy groups -OCH3 is 1. The van der Waals surface area contributed by atoms with E-state index in [1.54, 1.807) is 19.2 Å². The van der Waals surface area contributed by atoms with Gasteiger partial charge in [-0.2, -0.15) is 5.10 Å². The van der Waals surface area contributed by atoms with Crippen LogP contribution >= 0.6 is 0 Å². The van der Waals surface area contributed by atoms with Crippen molar-refractivity contribution in [2.24, 2.45) is 0 Å². The maximum Gasteiger partial charge on any atom is 0.182 e. The Morgan fingerprint density at radius 2 is 1.81 bits per heavy atom. The SMILES string of the molecule is CCc1cc(-c2nc3n[nH]c(C)c3c3c(OC)c(OCCN(C(C)C)C(C)C)cc(F)c23)ccc1O. The second-order valence-corrected chi connectivity index (χ2v) is 9.62. The predicted molar refractivity (Wildman–Crippen MR) is 142 cm³/mol. The van der Waals surface area contributed by atoms with E-state index in [2.05, 4.69) is 42.8 Å². The minimum Gasteiger partial charge on any atom is -0.508 e. The van der Waals surface area contributed by atoms with E-state index >= 15 is 4.39 Å². The topological polar surface area (TPSA) is 83.5 Å². The molecule has 2 aromatic heterocycles. The minimum atomic E-state index is -0.457. The number of ether oxygens (including phenoxy) is 2. The molecule has 0 saturated heterocycles. The van der Waals surface area contributed by atoms with Crippen LogP contribution in [0.25, 0.3) is 33.1 Å². The molecule has 0 bridgehead atoms. The van der Waals surface area contributed by atoms with Gasteiger partial charge in [0.15, 0.2) is 17.1 Å². The lowest BCUT2D eigenvalue weighted by molar-refractivity contribution is 0.140. The number of hydrogen-bond donors (Lipinski definition) is 2. The molecule has 0 saturated carbocycles. The Hall–Kier alpha value is -3.39. The van der Waals surface area contributed by atoms with E-state index in [0.29, 0.717) is 76.2 Å². The number of aryl methyl sites for hydroxylation is 2. The van der Waals surface area contributed by atoms with Gasteiger partial charge in [0, 0.05) is 46.7 Å². The fourth-order valence-corrected chi connectivity index (χ4v) is 4.95. The number of aromatic nitrogens is 3. The average molecular weight is 495 g/mol. The van der Waals surface area contributed by atoms with Gasteiger partial charge in [-0.15, -0.1) is 0 Å². The number of phenolic OH excluding ortho intramolecular Hbond substituents is 1. The minimum absolute atomic E-state index is 0.202. The van der Waals surface area contributed by atoms with E-state index in [0.717, 1.165) is 11.3 Å². The third-order valence-electron chi connectivity index (χ3n) is 6.70. The van der Waals surface area contributed by atoms with Crippen molar-refractivity contribution >= 4 is 21.8 Å². The number of H-pyrrole nitrogens is 1. The fourth-order valence-electron chi connectivity index (χ4n) is 4.95. The molecular weight excluding hydrogens is 459 g/mol. The van der Waals surface area contributed by atoms with Gasteiger partial charge < -0.3 is 14.6 Å². The summed E-state index contributed by atoms with van der Waals surface area (Å²) < 4.78 is 27.9. The van der Waals surface area contributed by atoms with Crippen molar-refractivity contribution < 1.29 is 19.0 Å². The highest BCUT2D eigenvalue weighted by Gasteiger charge is 2.24. The number of pyridine rings is 1. The van der Waals surface area contributed by atoms with Crippen LogP contribution in [-0.4, -0.2) is 57.5 Å². The molecule has 0 amide bonds. The monoisotopic (exact) mass is 494 g/mol. The highest BCUT2D eigenvalue weighted by atomic mass is 19.1. The summed E-state index contributed by atoms with van der Waals surface area (Å²) in [6.07, 6.45) is 0.634. The second kappa shape index (κ2) is 10.3. The van der Waals surface area contributed by atoms with E-state index in [1.165, 1.54) is 6.07 Å². The largest absolute Gasteiger partial charge is 0.508 e. The number of halogens is 1. The van der Waals surface area contributed by atoms with Gasteiger partial charge in [0.2, 0.25) is 0 Å². The smallest absolute Gasteiger partial charge is 0.182 e. The van der Waals surface area contributed by atoms with E-state index in [1.807, 2.05) is 19.9 Å². The van der Waals surface area contributed by atoms with Gasteiger partial charge in [0.25, 0.3) is 0 Å². The second-order valence-electron chi connectivity index (χ2n) is 9.62. The van der Waals surface area contributed by atoms with Crippen LogP contribution in [-0.2, 0) is 6.42 Å². The van der Waals surface area contributed by atoms with Crippen molar-refractivity contribution in [1.29, 1.82) is 0 Å². The lowest BCUT2D eigenvalue weighted by atomic mass is 9.97. The first-order valence-electron chi connectivity index (χ1n) is 12.4. The number of benzene rings is 2. The van der Waals surface area contributed by atoms with E-state index < -0.39 is 5.82 Å². The van der Waals surface area contributed by atoms with E-state index in [-0.39, 0.29) is 5.75 Å². The molecule has 2 N–H and O–H groups in total. The molecule has 0 atom stereocenters. The predicted octanol–water partition coefficient (Wildman–Crippen LogP) is 6.00. The van der Waals surface area contributed by atoms with Crippen molar-refractivity contribution in [3.8, 4) is 28.5 Å². The number of nitrogens with zero attached hydrogens (tertiary/aromatic N) is 3. The summed E-state index contributed by atoms with van der Waals surface area (Å²) in [4.78, 5) is 7.04. The number of aromatic hydroxyl groups is 1. The number of aromatic amines is 1. The van der Waals surface area contributed by atoms with E-state index in [9.17, 15) is 5.11 Å². The molecule has 0 aliphatic rings. The van der Waals surface area contributed by atoms with Crippen LogP contribution < -0.4 is 9.47 Å². The summed E-state index contributed by atoms with van der Waals surface area (Å²) in [5.74, 6) is 0.531. The van der Waals surface area contributed by atoms with Gasteiger partial charge in [-0.25, -0.2) is 9.37 Å². The fraction of sp³-hybridized carbons (Fsp3) is 0.429. The van der Waals surface area contributed by atoms with Gasteiger partial charge in [-0.3, -0.25) is 10.00 Å². The molecule has 8 heteroatoms. The van der Waals surface area contributed by atoms with Crippen molar-refractivity contribution in [1.82, 2.24) is 20.1 Å². The average Bonchev–Trinajstić information content (AvgIpc) is 3.21. The van der Waals surface area contributed by atoms with Crippen LogP contribution in [0.15, 0.2) is 24.3 Å². The standard InChI is InChI=1S/C28H35FN4O3/c1-8-18-13-19(9-10-21(18)34)26-24-20(29)14-22(36-12-11-33(15(2)3)16(4)5)27(35-7)25(24)23-17(6)31-32-28(23)30-26/h9-10,13-16,34H,8,11-12H2,1-7H3,(H,30,31,32). The molecule has 36 heavy (non-hydrogen) atoms. The molecule has 4 aromatic rings. The Balaban J connectivity index is 1.91. The molecule has 0 aliphatic heterocycles. The van der Waals surface area contributed by atoms with Gasteiger partial charge in [-0.1, -0.05) is 6.92 Å². The summed E-state index contributed by atoms with van der Waals surface area (Å²) >= 11 is 0. The molecule has 2 heterocycles. The van der Waals surface area contributed by atoms with Crippen molar-refractivity contribution in [2.75, 3.05) is 20.3 Å². The van der Waals surface area contributed by atoms with Gasteiger partial charge in [0.05, 0.1) is 18.2 Å². The molecule has 0 unspecified atom stereocenters. The molecule has 4 rings (SSSR count). The molecule has 7 nitrogen and oxygen atoms in total. The zero-order chi connectivity index (χ0) is 26.1. The van der Waals surface area contributed by atoms with Crippen LogP contribution in [0, 0.1) is 12.7 Å². The summed E-state index contributed by atoms with van der Waals surface area (Å²) in [6, 6.07) is 7.30. The normalized spacial score (nSPS) is 12.0. The van der Waals surface area contributed by atoms with Crippen molar-refractivity contribution in [2.45, 2.75) is 60.0 Å². The molecule has 0 spiro atoms. The quantitative estimate of drug-likeness (QED) is 0.297. The Bertz CT molecular complexity index is 1390. The van der Waals surface area contributed by atoms with Crippen LogP contribution in [0.5, 0.6) is 17.2 Å². The number of hydrogen-bond acceptors (Lipinski definition) is 6. The number of fused-ring (bicyclic) bond motifs is 3. The van der Waals surface area contributed by atoms with Crippen molar-refractivity contribution in [3.05, 3.63) is 41.3 Å². The number of rotatable bonds is 9. The van der Waals surface area contributed by atoms with Crippen molar-refractivity contribution in [3.63, 3.8) is 0 Å². The maximum atomic E-state index is 15.9. The summed E-state index contributed by atoms with van der Waals surface area (Å²) in [5, 5.41) is 19.1. The van der Waals surface area contributed by atoms with Crippen LogP contribution in [0.4, 0.5) is 4.39 Å². The Morgan fingerprint density at radius 1 is 1.08 bits per heavy atom. The summed E-state index contributed by atoms with van der Waals surface area (Å²) in [5.41, 5.74) is 3.10. The summed E-state index contributed by atoms with van der Waals surface area (Å²) in [6.45, 7) is 13.5. The Kier molecular flexibility index (Phi) is 7.36. The molecule has 0 fully saturated rings. The molecule has 0 radical (unpaired) electrons. The third kappa shape index (κ3) is 4.57. The van der Waals surface area contributed by atoms with Gasteiger partial charge >= 0.3 is 0 Å². The highest BCUT2D eigenvalue weighted by Crippen LogP contribution is 2.45. The highest BCUT2D eigenvalue weighted by molar-refractivity contribution is 6.15. The Labute approximate surface area is 211 Å². The third-order valence-corrected chi connectivity index (χ3v) is 6.70. The molecular formula is C28H35FN4O3. The number of nitrogens with one attached hydrogen (secondary N) is 1. The summed E-state index contributed by atoms with van der Waals surface area (Å²) in [7, 11) is 1.56. The Morgan fingerprint density at radius 3 is 2.44 bits per heavy atom. The first-order valence-corrected chi connectivity index (χ1v) is 12.4. The van der Waals surface area contributed by atoms with Crippen LogP contribution in [0.2, 0.25) is 0 Å². The first-order chi connectivity index (χ1) is 17.2. The van der Waals surface area contributed by atoms with Crippen LogP contribution in [0.1, 0.15) is 45.9 Å². The molecule has 192 valence electrons. The maximum absolute atomic E-state index is 15.9. The molecule has 2 aromatic carbocycles. The molecule has 0 aliphatic carbocycles. The first kappa shape index (κ1) is 25.7. The van der Waals surface area contributed by atoms with Crippen LogP contribution in [0.3, 0.4) is 0 Å². The zero-order valence-electron chi connectivity index (χ0n) is 22.1. The van der Waals surface area contributed by atoms with Gasteiger partial charge in [-0.05, 0) is 64.8 Å². The van der Waals surface area contributed by atoms with E-state index in [4.69, 9.17) is 14.5 Å². The lowest BCUT2D eigenvalue weighted by Crippen LogP contribution is -2.39. The van der Waals surface area contributed by atoms with Gasteiger partial charge in [0.1, 0.15) is 18.2 Å². The number of phenols is 1. The zero-order valence-corrected chi connectivity index (χ0v) is 22.1.